The van der Waals surface area contributed by atoms with E-state index >= 15 is 0 Å². The summed E-state index contributed by atoms with van der Waals surface area (Å²) in [5, 5.41) is 6.74. The molecule has 0 amide bonds. The minimum absolute atomic E-state index is 0.0714. The second-order valence-corrected chi connectivity index (χ2v) is 7.33. The first-order valence-corrected chi connectivity index (χ1v) is 10.4. The Morgan fingerprint density at radius 2 is 1.87 bits per heavy atom. The van der Waals surface area contributed by atoms with Crippen LogP contribution in [0, 0.1) is 0 Å². The van der Waals surface area contributed by atoms with Crippen molar-refractivity contribution in [3.8, 4) is 5.75 Å². The molecular weight excluding hydrogens is 409 g/mol. The molecule has 0 atom stereocenters. The number of hydrogen-bond acceptors (Lipinski definition) is 4. The van der Waals surface area contributed by atoms with Crippen molar-refractivity contribution in [2.45, 2.75) is 19.6 Å². The van der Waals surface area contributed by atoms with Gasteiger partial charge in [0.25, 0.3) is 0 Å². The Labute approximate surface area is 180 Å². The minimum Gasteiger partial charge on any atom is -0.492 e. The van der Waals surface area contributed by atoms with Gasteiger partial charge in [-0.05, 0) is 19.1 Å². The van der Waals surface area contributed by atoms with Crippen LogP contribution in [-0.4, -0.2) is 71.4 Å². The summed E-state index contributed by atoms with van der Waals surface area (Å²) in [5.74, 6) is 1.48. The van der Waals surface area contributed by atoms with E-state index in [1.165, 1.54) is 17.9 Å². The highest BCUT2D eigenvalue weighted by molar-refractivity contribution is 5.80. The smallest absolute Gasteiger partial charge is 0.435 e. The van der Waals surface area contributed by atoms with Crippen molar-refractivity contribution in [3.63, 3.8) is 0 Å². The summed E-state index contributed by atoms with van der Waals surface area (Å²) in [6.45, 7) is 7.11. The van der Waals surface area contributed by atoms with E-state index in [4.69, 9.17) is 4.74 Å². The molecule has 1 fully saturated rings. The van der Waals surface area contributed by atoms with E-state index in [2.05, 4.69) is 25.2 Å². The van der Waals surface area contributed by atoms with Crippen LogP contribution in [0.25, 0.3) is 0 Å². The molecule has 0 saturated carbocycles. The lowest BCUT2D eigenvalue weighted by Crippen LogP contribution is -2.53. The van der Waals surface area contributed by atoms with Gasteiger partial charge >= 0.3 is 6.18 Å². The van der Waals surface area contributed by atoms with Crippen molar-refractivity contribution in [1.82, 2.24) is 24.9 Å². The number of alkyl halides is 3. The van der Waals surface area contributed by atoms with E-state index in [0.717, 1.165) is 38.5 Å². The van der Waals surface area contributed by atoms with Crippen LogP contribution < -0.4 is 10.1 Å². The van der Waals surface area contributed by atoms with Crippen LogP contribution in [0.5, 0.6) is 5.75 Å². The van der Waals surface area contributed by atoms with Crippen molar-refractivity contribution >= 4 is 5.96 Å². The number of aryl methyl sites for hydroxylation is 1. The topological polar surface area (TPSA) is 57.9 Å². The third-order valence-electron chi connectivity index (χ3n) is 5.00. The maximum absolute atomic E-state index is 13.2. The highest BCUT2D eigenvalue weighted by Gasteiger charge is 2.36. The summed E-state index contributed by atoms with van der Waals surface area (Å²) in [7, 11) is 1.48. The summed E-state index contributed by atoms with van der Waals surface area (Å²) in [4.78, 5) is 8.85. The molecule has 7 nitrogen and oxygen atoms in total. The number of nitrogens with one attached hydrogen (secondary N) is 1. The van der Waals surface area contributed by atoms with Gasteiger partial charge < -0.3 is 15.0 Å². The molecule has 3 rings (SSSR count). The van der Waals surface area contributed by atoms with Crippen LogP contribution in [0.4, 0.5) is 13.2 Å². The van der Waals surface area contributed by atoms with E-state index in [1.807, 2.05) is 37.3 Å². The third kappa shape index (κ3) is 6.61. The van der Waals surface area contributed by atoms with E-state index in [-0.39, 0.29) is 12.1 Å². The molecule has 1 aliphatic heterocycles. The van der Waals surface area contributed by atoms with Gasteiger partial charge in [0, 0.05) is 58.1 Å². The van der Waals surface area contributed by atoms with Gasteiger partial charge in [0.15, 0.2) is 11.7 Å². The fourth-order valence-electron chi connectivity index (χ4n) is 3.47. The van der Waals surface area contributed by atoms with Gasteiger partial charge in [0.05, 0.1) is 6.54 Å². The Balaban J connectivity index is 1.53. The number of aromatic nitrogens is 2. The van der Waals surface area contributed by atoms with Crippen LogP contribution in [0.3, 0.4) is 0 Å². The number of para-hydroxylation sites is 1. The molecule has 1 saturated heterocycles. The number of hydrogen-bond donors (Lipinski definition) is 1. The van der Waals surface area contributed by atoms with Crippen LogP contribution in [0.1, 0.15) is 18.2 Å². The molecule has 31 heavy (non-hydrogen) atoms. The van der Waals surface area contributed by atoms with Gasteiger partial charge in [-0.25, -0.2) is 4.99 Å². The van der Waals surface area contributed by atoms with Crippen molar-refractivity contribution < 1.29 is 17.9 Å². The molecule has 0 radical (unpaired) electrons. The fraction of sp³-hybridized carbons (Fsp3) is 0.524. The molecule has 0 spiro atoms. The number of rotatable bonds is 7. The summed E-state index contributed by atoms with van der Waals surface area (Å²) < 4.78 is 46.5. The molecule has 1 N–H and O–H groups in total. The monoisotopic (exact) mass is 438 g/mol. The average Bonchev–Trinajstić information content (AvgIpc) is 3.14. The maximum Gasteiger partial charge on any atom is 0.435 e. The number of piperazine rings is 1. The molecule has 2 aromatic rings. The highest BCUT2D eigenvalue weighted by atomic mass is 19.4. The molecular formula is C21H29F3N6O. The molecule has 170 valence electrons. The van der Waals surface area contributed by atoms with Gasteiger partial charge in [-0.2, -0.15) is 18.3 Å². The molecule has 1 aromatic heterocycles. The first kappa shape index (κ1) is 22.9. The van der Waals surface area contributed by atoms with Crippen LogP contribution in [-0.2, 0) is 19.8 Å². The Hall–Kier alpha value is -2.75. The molecule has 1 aliphatic rings. The fourth-order valence-corrected chi connectivity index (χ4v) is 3.47. The first-order valence-electron chi connectivity index (χ1n) is 10.4. The zero-order chi connectivity index (χ0) is 22.3. The predicted octanol–water partition coefficient (Wildman–Crippen LogP) is 2.60. The lowest BCUT2D eigenvalue weighted by atomic mass is 10.2. The molecule has 1 aromatic carbocycles. The van der Waals surface area contributed by atoms with Crippen molar-refractivity contribution in [2.75, 3.05) is 45.9 Å². The molecule has 0 unspecified atom stereocenters. The van der Waals surface area contributed by atoms with Crippen LogP contribution in [0.2, 0.25) is 0 Å². The lowest BCUT2D eigenvalue weighted by molar-refractivity contribution is -0.142. The summed E-state index contributed by atoms with van der Waals surface area (Å²) >= 11 is 0. The lowest BCUT2D eigenvalue weighted by Gasteiger charge is -2.36. The molecule has 10 heteroatoms. The number of halogens is 3. The normalized spacial score (nSPS) is 15.9. The van der Waals surface area contributed by atoms with Gasteiger partial charge in [-0.3, -0.25) is 9.58 Å². The Morgan fingerprint density at radius 3 is 2.52 bits per heavy atom. The zero-order valence-corrected chi connectivity index (χ0v) is 17.9. The third-order valence-corrected chi connectivity index (χ3v) is 5.00. The number of nitrogens with zero attached hydrogens (tertiary/aromatic N) is 5. The quantitative estimate of drug-likeness (QED) is 0.532. The molecule has 2 heterocycles. The number of guanidine groups is 1. The van der Waals surface area contributed by atoms with E-state index in [1.54, 1.807) is 0 Å². The second kappa shape index (κ2) is 10.5. The standard InChI is InChI=1S/C21H29F3N6O/c1-3-25-20(26-15-17-16-28(2)27-19(17)21(22,23)24)30-11-9-29(10-12-30)13-14-31-18-7-5-4-6-8-18/h4-8,16H,3,9-15H2,1-2H3,(H,25,26). The van der Waals surface area contributed by atoms with E-state index in [9.17, 15) is 13.2 Å². The Kier molecular flexibility index (Phi) is 7.78. The highest BCUT2D eigenvalue weighted by Crippen LogP contribution is 2.30. The Morgan fingerprint density at radius 1 is 1.16 bits per heavy atom. The number of benzene rings is 1. The zero-order valence-electron chi connectivity index (χ0n) is 17.9. The minimum atomic E-state index is -4.49. The van der Waals surface area contributed by atoms with Gasteiger partial charge in [-0.15, -0.1) is 0 Å². The van der Waals surface area contributed by atoms with E-state index < -0.39 is 11.9 Å². The molecule has 0 bridgehead atoms. The van der Waals surface area contributed by atoms with Gasteiger partial charge in [-0.1, -0.05) is 18.2 Å². The van der Waals surface area contributed by atoms with Crippen LogP contribution in [0.15, 0.2) is 41.5 Å². The van der Waals surface area contributed by atoms with Gasteiger partial charge in [0.2, 0.25) is 0 Å². The van der Waals surface area contributed by atoms with Gasteiger partial charge in [0.1, 0.15) is 12.4 Å². The second-order valence-electron chi connectivity index (χ2n) is 7.33. The van der Waals surface area contributed by atoms with Crippen LogP contribution >= 0.6 is 0 Å². The van der Waals surface area contributed by atoms with Crippen molar-refractivity contribution in [3.05, 3.63) is 47.8 Å². The SMILES string of the molecule is CCNC(=NCc1cn(C)nc1C(F)(F)F)N1CCN(CCOc2ccccc2)CC1. The van der Waals surface area contributed by atoms with Crippen molar-refractivity contribution in [1.29, 1.82) is 0 Å². The Bertz CT molecular complexity index is 845. The summed E-state index contributed by atoms with van der Waals surface area (Å²) in [6, 6.07) is 9.71. The largest absolute Gasteiger partial charge is 0.492 e. The first-order chi connectivity index (χ1) is 14.9. The number of aliphatic imine (C=N–C) groups is 1. The average molecular weight is 438 g/mol. The maximum atomic E-state index is 13.2. The number of ether oxygens (including phenoxy) is 1. The van der Waals surface area contributed by atoms with E-state index in [0.29, 0.717) is 19.1 Å². The molecule has 0 aliphatic carbocycles. The summed E-state index contributed by atoms with van der Waals surface area (Å²) in [6.07, 6.45) is -3.11. The van der Waals surface area contributed by atoms with Crippen molar-refractivity contribution in [2.24, 2.45) is 12.0 Å². The summed E-state index contributed by atoms with van der Waals surface area (Å²) in [5.41, 5.74) is -0.806. The predicted molar refractivity (Wildman–Crippen MR) is 113 cm³/mol.